The van der Waals surface area contributed by atoms with E-state index in [-0.39, 0.29) is 12.5 Å². The van der Waals surface area contributed by atoms with E-state index >= 15 is 0 Å². The molecule has 0 aliphatic rings. The number of amides is 2. The molecule has 1 N–H and O–H groups in total. The SMILES string of the molecule is CCC(C(=O)NC)N(Cc1c(Cl)cccc1Cl)C(=O)CN(c1cc(C)ccc1C)S(=O)(=O)N(C)C. The summed E-state index contributed by atoms with van der Waals surface area (Å²) in [7, 11) is 0.243. The van der Waals surface area contributed by atoms with Crippen LogP contribution in [0.3, 0.4) is 0 Å². The molecule has 192 valence electrons. The Bertz CT molecular complexity index is 1170. The molecule has 2 rings (SSSR count). The van der Waals surface area contributed by atoms with E-state index in [1.165, 1.54) is 26.0 Å². The van der Waals surface area contributed by atoms with Gasteiger partial charge >= 0.3 is 10.2 Å². The number of rotatable bonds is 10. The zero-order chi connectivity index (χ0) is 26.5. The second kappa shape index (κ2) is 12.1. The van der Waals surface area contributed by atoms with Gasteiger partial charge in [0.2, 0.25) is 11.8 Å². The number of nitrogens with one attached hydrogen (secondary N) is 1. The minimum atomic E-state index is -4.04. The van der Waals surface area contributed by atoms with Gasteiger partial charge in [-0.25, -0.2) is 4.31 Å². The summed E-state index contributed by atoms with van der Waals surface area (Å²) >= 11 is 12.7. The molecule has 0 aliphatic carbocycles. The molecule has 8 nitrogen and oxygen atoms in total. The van der Waals surface area contributed by atoms with Crippen molar-refractivity contribution >= 4 is 50.9 Å². The normalized spacial score (nSPS) is 12.4. The molecular formula is C24H32Cl2N4O4S. The van der Waals surface area contributed by atoms with Crippen molar-refractivity contribution in [3.8, 4) is 0 Å². The van der Waals surface area contributed by atoms with E-state index in [1.807, 2.05) is 13.0 Å². The molecule has 2 aromatic carbocycles. The average Bonchev–Trinajstić information content (AvgIpc) is 2.80. The number of halogens is 2. The predicted octanol–water partition coefficient (Wildman–Crippen LogP) is 3.78. The van der Waals surface area contributed by atoms with Crippen LogP contribution in [-0.2, 0) is 26.3 Å². The largest absolute Gasteiger partial charge is 0.357 e. The van der Waals surface area contributed by atoms with Gasteiger partial charge in [-0.2, -0.15) is 12.7 Å². The maximum atomic E-state index is 13.8. The fourth-order valence-corrected chi connectivity index (χ4v) is 5.26. The van der Waals surface area contributed by atoms with Crippen molar-refractivity contribution in [2.24, 2.45) is 0 Å². The molecule has 0 aliphatic heterocycles. The van der Waals surface area contributed by atoms with Crippen LogP contribution in [-0.4, -0.2) is 63.2 Å². The van der Waals surface area contributed by atoms with Gasteiger partial charge in [-0.05, 0) is 49.6 Å². The molecule has 0 aromatic heterocycles. The summed E-state index contributed by atoms with van der Waals surface area (Å²) in [4.78, 5) is 27.8. The van der Waals surface area contributed by atoms with Gasteiger partial charge in [0.15, 0.2) is 0 Å². The Hall–Kier alpha value is -2.33. The van der Waals surface area contributed by atoms with E-state index in [2.05, 4.69) is 5.32 Å². The Balaban J connectivity index is 2.60. The number of carbonyl (C=O) groups excluding carboxylic acids is 2. The lowest BCUT2D eigenvalue weighted by molar-refractivity contribution is -0.140. The van der Waals surface area contributed by atoms with Crippen LogP contribution in [0.15, 0.2) is 36.4 Å². The number of nitrogens with zero attached hydrogens (tertiary/aromatic N) is 3. The third kappa shape index (κ3) is 6.67. The second-order valence-electron chi connectivity index (χ2n) is 8.35. The lowest BCUT2D eigenvalue weighted by Gasteiger charge is -2.34. The van der Waals surface area contributed by atoms with Gasteiger partial charge in [0.05, 0.1) is 5.69 Å². The van der Waals surface area contributed by atoms with Crippen LogP contribution in [0.1, 0.15) is 30.0 Å². The van der Waals surface area contributed by atoms with E-state index in [1.54, 1.807) is 44.2 Å². The van der Waals surface area contributed by atoms with Crippen LogP contribution in [0, 0.1) is 13.8 Å². The minimum Gasteiger partial charge on any atom is -0.357 e. The lowest BCUT2D eigenvalue weighted by atomic mass is 10.1. The van der Waals surface area contributed by atoms with Crippen LogP contribution < -0.4 is 9.62 Å². The summed E-state index contributed by atoms with van der Waals surface area (Å²) in [5.41, 5.74) is 2.39. The van der Waals surface area contributed by atoms with Gasteiger partial charge in [-0.1, -0.05) is 48.3 Å². The maximum absolute atomic E-state index is 13.8. The summed E-state index contributed by atoms with van der Waals surface area (Å²) in [6.45, 7) is 4.81. The molecule has 35 heavy (non-hydrogen) atoms. The first-order valence-electron chi connectivity index (χ1n) is 11.1. The summed E-state index contributed by atoms with van der Waals surface area (Å²) in [6, 6.07) is 9.50. The summed E-state index contributed by atoms with van der Waals surface area (Å²) < 4.78 is 28.7. The van der Waals surface area contributed by atoms with Gasteiger partial charge in [-0.3, -0.25) is 9.59 Å². The molecular weight excluding hydrogens is 511 g/mol. The van der Waals surface area contributed by atoms with E-state index in [9.17, 15) is 18.0 Å². The molecule has 0 bridgehead atoms. The molecule has 0 fully saturated rings. The third-order valence-corrected chi connectivity index (χ3v) is 8.19. The number of benzene rings is 2. The van der Waals surface area contributed by atoms with Crippen LogP contribution in [0.2, 0.25) is 10.0 Å². The Labute approximate surface area is 218 Å². The van der Waals surface area contributed by atoms with E-state index in [0.717, 1.165) is 14.2 Å². The highest BCUT2D eigenvalue weighted by molar-refractivity contribution is 7.90. The molecule has 2 amide bonds. The van der Waals surface area contributed by atoms with Gasteiger partial charge < -0.3 is 10.2 Å². The highest BCUT2D eigenvalue weighted by Gasteiger charge is 2.34. The summed E-state index contributed by atoms with van der Waals surface area (Å²) in [5, 5.41) is 3.26. The van der Waals surface area contributed by atoms with Crippen molar-refractivity contribution < 1.29 is 18.0 Å². The molecule has 2 aromatic rings. The summed E-state index contributed by atoms with van der Waals surface area (Å²) in [6.07, 6.45) is 0.303. The summed E-state index contributed by atoms with van der Waals surface area (Å²) in [5.74, 6) is -0.944. The first kappa shape index (κ1) is 28.9. The van der Waals surface area contributed by atoms with Crippen molar-refractivity contribution in [3.63, 3.8) is 0 Å². The second-order valence-corrected chi connectivity index (χ2v) is 11.2. The van der Waals surface area contributed by atoms with Crippen LogP contribution in [0.5, 0.6) is 0 Å². The third-order valence-electron chi connectivity index (χ3n) is 5.67. The Morgan fingerprint density at radius 1 is 1.06 bits per heavy atom. The quantitative estimate of drug-likeness (QED) is 0.494. The lowest BCUT2D eigenvalue weighted by Crippen LogP contribution is -2.53. The average molecular weight is 544 g/mol. The monoisotopic (exact) mass is 542 g/mol. The highest BCUT2D eigenvalue weighted by Crippen LogP contribution is 2.29. The Morgan fingerprint density at radius 2 is 1.66 bits per heavy atom. The molecule has 0 saturated carbocycles. The Morgan fingerprint density at radius 3 is 2.17 bits per heavy atom. The van der Waals surface area contributed by atoms with Crippen LogP contribution >= 0.6 is 23.2 Å². The first-order valence-corrected chi connectivity index (χ1v) is 13.2. The number of hydrogen-bond donors (Lipinski definition) is 1. The van der Waals surface area contributed by atoms with E-state index < -0.39 is 28.7 Å². The number of carbonyl (C=O) groups is 2. The van der Waals surface area contributed by atoms with Gasteiger partial charge in [0, 0.05) is 43.3 Å². The fourth-order valence-electron chi connectivity index (χ4n) is 3.63. The van der Waals surface area contributed by atoms with Crippen LogP contribution in [0.25, 0.3) is 0 Å². The van der Waals surface area contributed by atoms with Crippen molar-refractivity contribution in [2.75, 3.05) is 32.0 Å². The van der Waals surface area contributed by atoms with Gasteiger partial charge in [-0.15, -0.1) is 0 Å². The smallest absolute Gasteiger partial charge is 0.304 e. The standard InChI is InChI=1S/C24H32Cl2N4O4S/c1-7-21(24(32)27-4)29(14-18-19(25)9-8-10-20(18)26)23(31)15-30(35(33,34)28(5)6)22-13-16(2)11-12-17(22)3/h8-13,21H,7,14-15H2,1-6H3,(H,27,32). The minimum absolute atomic E-state index is 0.0636. The van der Waals surface area contributed by atoms with Gasteiger partial charge in [0.25, 0.3) is 0 Å². The maximum Gasteiger partial charge on any atom is 0.304 e. The van der Waals surface area contributed by atoms with Crippen molar-refractivity contribution in [2.45, 2.75) is 39.8 Å². The van der Waals surface area contributed by atoms with E-state index in [0.29, 0.717) is 33.3 Å². The number of anilines is 1. The highest BCUT2D eigenvalue weighted by atomic mass is 35.5. The molecule has 0 heterocycles. The zero-order valence-corrected chi connectivity index (χ0v) is 23.1. The Kier molecular flexibility index (Phi) is 9.97. The number of aryl methyl sites for hydroxylation is 2. The molecule has 1 unspecified atom stereocenters. The fraction of sp³-hybridized carbons (Fsp3) is 0.417. The van der Waals surface area contributed by atoms with Gasteiger partial charge in [0.1, 0.15) is 12.6 Å². The van der Waals surface area contributed by atoms with Crippen LogP contribution in [0.4, 0.5) is 5.69 Å². The number of hydrogen-bond acceptors (Lipinski definition) is 4. The zero-order valence-electron chi connectivity index (χ0n) is 20.8. The molecule has 11 heteroatoms. The van der Waals surface area contributed by atoms with Crippen molar-refractivity contribution in [1.82, 2.24) is 14.5 Å². The molecule has 0 saturated heterocycles. The van der Waals surface area contributed by atoms with E-state index in [4.69, 9.17) is 23.2 Å². The number of likely N-dealkylation sites (N-methyl/N-ethyl adjacent to an activating group) is 1. The molecule has 0 spiro atoms. The predicted molar refractivity (Wildman–Crippen MR) is 141 cm³/mol. The van der Waals surface area contributed by atoms with Crippen molar-refractivity contribution in [3.05, 3.63) is 63.1 Å². The molecule has 0 radical (unpaired) electrons. The first-order chi connectivity index (χ1) is 16.3. The van der Waals surface area contributed by atoms with Crippen molar-refractivity contribution in [1.29, 1.82) is 0 Å². The molecule has 1 atom stereocenters. The topological polar surface area (TPSA) is 90.0 Å².